The highest BCUT2D eigenvalue weighted by Gasteiger charge is 2.47. The average Bonchev–Trinajstić information content (AvgIpc) is 3.52. The van der Waals surface area contributed by atoms with Crippen molar-refractivity contribution in [1.29, 1.82) is 0 Å². The Kier molecular flexibility index (Phi) is 4.95. The van der Waals surface area contributed by atoms with Gasteiger partial charge < -0.3 is 15.1 Å². The molecule has 0 radical (unpaired) electrons. The smallest absolute Gasteiger partial charge is 0.410 e. The first kappa shape index (κ1) is 20.9. The van der Waals surface area contributed by atoms with Crippen LogP contribution in [0.25, 0.3) is 5.69 Å². The van der Waals surface area contributed by atoms with Crippen LogP contribution in [0.4, 0.5) is 24.8 Å². The van der Waals surface area contributed by atoms with Crippen LogP contribution in [0.1, 0.15) is 40.4 Å². The summed E-state index contributed by atoms with van der Waals surface area (Å²) in [6.07, 6.45) is -3.46. The van der Waals surface area contributed by atoms with E-state index in [1.54, 1.807) is 29.8 Å². The van der Waals surface area contributed by atoms with Crippen LogP contribution in [0, 0.1) is 6.92 Å². The summed E-state index contributed by atoms with van der Waals surface area (Å²) in [7, 11) is 0. The van der Waals surface area contributed by atoms with Crippen LogP contribution < -0.4 is 10.6 Å². The molecule has 0 saturated heterocycles. The molecular formula is C22H19F3N6O2. The van der Waals surface area contributed by atoms with E-state index in [0.717, 1.165) is 10.4 Å². The molecule has 0 aliphatic carbocycles. The molecule has 4 aromatic rings. The number of anilines is 2. The molecule has 4 heterocycles. The number of fused-ring (bicyclic) bond motifs is 1. The Morgan fingerprint density at radius 2 is 1.94 bits per heavy atom. The number of nitrogens with one attached hydrogen (secondary N) is 2. The van der Waals surface area contributed by atoms with Crippen LogP contribution in [0.3, 0.4) is 0 Å². The first-order valence-corrected chi connectivity index (χ1v) is 10.2. The maximum Gasteiger partial charge on any atom is 0.410 e. The lowest BCUT2D eigenvalue weighted by Gasteiger charge is -2.32. The van der Waals surface area contributed by atoms with E-state index < -0.39 is 24.2 Å². The molecule has 170 valence electrons. The van der Waals surface area contributed by atoms with E-state index in [9.17, 15) is 18.0 Å². The van der Waals surface area contributed by atoms with Gasteiger partial charge >= 0.3 is 6.18 Å². The van der Waals surface area contributed by atoms with Gasteiger partial charge in [-0.25, -0.2) is 9.36 Å². The van der Waals surface area contributed by atoms with Crippen molar-refractivity contribution < 1.29 is 22.4 Å². The number of hydrogen-bond acceptors (Lipinski definition) is 5. The zero-order chi connectivity index (χ0) is 23.2. The topological polar surface area (TPSA) is 89.9 Å². The summed E-state index contributed by atoms with van der Waals surface area (Å²) in [6.45, 7) is 1.77. The molecule has 1 aromatic carbocycles. The summed E-state index contributed by atoms with van der Waals surface area (Å²) in [6, 6.07) is 12.8. The van der Waals surface area contributed by atoms with E-state index in [1.807, 2.05) is 30.3 Å². The van der Waals surface area contributed by atoms with Crippen molar-refractivity contribution in [2.45, 2.75) is 31.6 Å². The number of nitrogens with zero attached hydrogens (tertiary/aromatic N) is 4. The predicted octanol–water partition coefficient (Wildman–Crippen LogP) is 4.88. The summed E-state index contributed by atoms with van der Waals surface area (Å²) in [5.74, 6) is 0.197. The number of carbonyl (C=O) groups excluding carboxylic acids is 1. The van der Waals surface area contributed by atoms with E-state index in [2.05, 4.69) is 20.8 Å². The first-order chi connectivity index (χ1) is 15.8. The molecule has 0 spiro atoms. The van der Waals surface area contributed by atoms with Crippen LogP contribution in [-0.2, 0) is 0 Å². The van der Waals surface area contributed by atoms with Gasteiger partial charge in [0, 0.05) is 18.6 Å². The van der Waals surface area contributed by atoms with Crippen LogP contribution in [0.2, 0.25) is 0 Å². The SMILES string of the molecule is Cc1cc(NC(=O)c2cc3n(n2)C(C(F)(F)F)CC(c2ccco2)N3)n(-c2ccccc2)n1. The summed E-state index contributed by atoms with van der Waals surface area (Å²) < 4.78 is 49.1. The molecule has 5 rings (SSSR count). The molecule has 11 heteroatoms. The molecule has 33 heavy (non-hydrogen) atoms. The Hall–Kier alpha value is -4.02. The van der Waals surface area contributed by atoms with Crippen molar-refractivity contribution >= 4 is 17.5 Å². The number of furan rings is 1. The molecule has 2 unspecified atom stereocenters. The molecule has 0 fully saturated rings. The van der Waals surface area contributed by atoms with Gasteiger partial charge in [0.05, 0.1) is 23.7 Å². The number of alkyl halides is 3. The third kappa shape index (κ3) is 3.97. The maximum atomic E-state index is 13.8. The first-order valence-electron chi connectivity index (χ1n) is 10.2. The number of aromatic nitrogens is 4. The number of carbonyl (C=O) groups is 1. The van der Waals surface area contributed by atoms with E-state index >= 15 is 0 Å². The van der Waals surface area contributed by atoms with Gasteiger partial charge in [-0.3, -0.25) is 4.79 Å². The third-order valence-electron chi connectivity index (χ3n) is 5.38. The predicted molar refractivity (Wildman–Crippen MR) is 113 cm³/mol. The standard InChI is InChI=1S/C22H19F3N6O2/c1-13-10-19(30(28-13)14-6-3-2-4-7-14)27-21(32)16-12-20-26-15(17-8-5-9-33-17)11-18(22(23,24)25)31(20)29-16/h2-10,12,15,18,26H,11H2,1H3,(H,27,32). The largest absolute Gasteiger partial charge is 0.467 e. The minimum Gasteiger partial charge on any atom is -0.467 e. The molecule has 3 aromatic heterocycles. The van der Waals surface area contributed by atoms with Gasteiger partial charge in [-0.1, -0.05) is 18.2 Å². The van der Waals surface area contributed by atoms with E-state index in [1.165, 1.54) is 12.3 Å². The van der Waals surface area contributed by atoms with Gasteiger partial charge in [-0.2, -0.15) is 23.4 Å². The van der Waals surface area contributed by atoms with Gasteiger partial charge in [0.2, 0.25) is 0 Å². The van der Waals surface area contributed by atoms with Gasteiger partial charge in [0.15, 0.2) is 11.7 Å². The molecule has 8 nitrogen and oxygen atoms in total. The zero-order valence-electron chi connectivity index (χ0n) is 17.4. The molecule has 1 aliphatic heterocycles. The number of amides is 1. The van der Waals surface area contributed by atoms with Gasteiger partial charge in [-0.15, -0.1) is 0 Å². The summed E-state index contributed by atoms with van der Waals surface area (Å²) in [5.41, 5.74) is 1.24. The van der Waals surface area contributed by atoms with Crippen molar-refractivity contribution in [1.82, 2.24) is 19.6 Å². The molecule has 1 amide bonds. The fourth-order valence-electron chi connectivity index (χ4n) is 3.90. The second-order valence-electron chi connectivity index (χ2n) is 7.74. The van der Waals surface area contributed by atoms with Crippen molar-refractivity contribution in [3.8, 4) is 5.69 Å². The minimum absolute atomic E-state index is 0.0860. The highest BCUT2D eigenvalue weighted by atomic mass is 19.4. The fraction of sp³-hybridized carbons (Fsp3) is 0.227. The van der Waals surface area contributed by atoms with Crippen molar-refractivity contribution in [3.05, 3.63) is 78.0 Å². The highest BCUT2D eigenvalue weighted by molar-refractivity contribution is 6.03. The van der Waals surface area contributed by atoms with Crippen molar-refractivity contribution in [2.75, 3.05) is 10.6 Å². The number of benzene rings is 1. The monoisotopic (exact) mass is 456 g/mol. The molecule has 1 aliphatic rings. The number of hydrogen-bond donors (Lipinski definition) is 2. The summed E-state index contributed by atoms with van der Waals surface area (Å²) >= 11 is 0. The second-order valence-corrected chi connectivity index (χ2v) is 7.74. The van der Waals surface area contributed by atoms with Gasteiger partial charge in [-0.05, 0) is 31.2 Å². The van der Waals surface area contributed by atoms with Crippen LogP contribution in [0.15, 0.2) is 65.3 Å². The highest BCUT2D eigenvalue weighted by Crippen LogP contribution is 2.43. The van der Waals surface area contributed by atoms with Gasteiger partial charge in [0.25, 0.3) is 5.91 Å². The Balaban J connectivity index is 1.45. The zero-order valence-corrected chi connectivity index (χ0v) is 17.4. The van der Waals surface area contributed by atoms with E-state index in [4.69, 9.17) is 4.42 Å². The molecule has 0 saturated carbocycles. The van der Waals surface area contributed by atoms with Crippen LogP contribution in [-0.4, -0.2) is 31.6 Å². The molecule has 2 atom stereocenters. The van der Waals surface area contributed by atoms with Crippen molar-refractivity contribution in [2.24, 2.45) is 0 Å². The second kappa shape index (κ2) is 7.84. The lowest BCUT2D eigenvalue weighted by atomic mass is 10.0. The Labute approximate surface area is 186 Å². The third-order valence-corrected chi connectivity index (χ3v) is 5.38. The maximum absolute atomic E-state index is 13.8. The number of halogens is 3. The molecule has 2 N–H and O–H groups in total. The van der Waals surface area contributed by atoms with Crippen LogP contribution in [0.5, 0.6) is 0 Å². The van der Waals surface area contributed by atoms with Crippen LogP contribution >= 0.6 is 0 Å². The normalized spacial score (nSPS) is 17.9. The Morgan fingerprint density at radius 3 is 2.64 bits per heavy atom. The quantitative estimate of drug-likeness (QED) is 0.457. The minimum atomic E-state index is -4.55. The number of aryl methyl sites for hydroxylation is 1. The van der Waals surface area contributed by atoms with Crippen molar-refractivity contribution in [3.63, 3.8) is 0 Å². The Morgan fingerprint density at radius 1 is 1.15 bits per heavy atom. The lowest BCUT2D eigenvalue weighted by Crippen LogP contribution is -2.35. The molecular weight excluding hydrogens is 437 g/mol. The van der Waals surface area contributed by atoms with E-state index in [0.29, 0.717) is 17.3 Å². The fourth-order valence-corrected chi connectivity index (χ4v) is 3.90. The average molecular weight is 456 g/mol. The number of rotatable bonds is 4. The Bertz CT molecular complexity index is 1280. The van der Waals surface area contributed by atoms with Gasteiger partial charge in [0.1, 0.15) is 17.4 Å². The number of para-hydroxylation sites is 1. The molecule has 0 bridgehead atoms. The lowest BCUT2D eigenvalue weighted by molar-refractivity contribution is -0.174. The van der Waals surface area contributed by atoms with E-state index in [-0.39, 0.29) is 17.9 Å². The summed E-state index contributed by atoms with van der Waals surface area (Å²) in [5, 5.41) is 14.1. The summed E-state index contributed by atoms with van der Waals surface area (Å²) in [4.78, 5) is 12.9.